The molecule has 262 valence electrons. The van der Waals surface area contributed by atoms with Crippen LogP contribution < -0.4 is 4.90 Å². The monoisotopic (exact) mass is 717 g/mol. The molecule has 56 heavy (non-hydrogen) atoms. The summed E-state index contributed by atoms with van der Waals surface area (Å²) in [6.07, 6.45) is 0. The van der Waals surface area contributed by atoms with Gasteiger partial charge in [-0.1, -0.05) is 121 Å². The van der Waals surface area contributed by atoms with Gasteiger partial charge in [0, 0.05) is 49.4 Å². The summed E-state index contributed by atoms with van der Waals surface area (Å²) in [5.41, 5.74) is 12.6. The van der Waals surface area contributed by atoms with Crippen LogP contribution in [-0.2, 0) is 0 Å². The maximum atomic E-state index is 6.85. The van der Waals surface area contributed by atoms with Gasteiger partial charge in [0.1, 0.15) is 33.5 Å². The van der Waals surface area contributed by atoms with Crippen LogP contribution in [0.5, 0.6) is 0 Å². The Morgan fingerprint density at radius 3 is 1.73 bits per heavy atom. The number of benzene rings is 9. The van der Waals surface area contributed by atoms with Gasteiger partial charge in [-0.15, -0.1) is 0 Å². The van der Waals surface area contributed by atoms with E-state index in [-0.39, 0.29) is 0 Å². The number of hydrogen-bond donors (Lipinski definition) is 0. The number of fused-ring (bicyclic) bond motifs is 10. The van der Waals surface area contributed by atoms with Gasteiger partial charge >= 0.3 is 0 Å². The Labute approximate surface area is 321 Å². The Morgan fingerprint density at radius 1 is 0.321 bits per heavy atom. The van der Waals surface area contributed by atoms with Crippen molar-refractivity contribution in [3.63, 3.8) is 0 Å². The second-order valence-electron chi connectivity index (χ2n) is 14.4. The summed E-state index contributed by atoms with van der Waals surface area (Å²) in [6.45, 7) is 0. The van der Waals surface area contributed by atoms with Crippen molar-refractivity contribution in [2.75, 3.05) is 4.90 Å². The van der Waals surface area contributed by atoms with E-state index < -0.39 is 0 Å². The third kappa shape index (κ3) is 4.66. The standard InChI is InChI=1S/C52H31NO3/c1-2-13-36(14-3-1)53(37-26-23-32-11-4-5-12-33(32)29-37)45-20-10-22-49-50(45)42-19-9-17-40(52(42)56-49)39-16-8-18-41-44-31-35(25-28-48(44)55-51(39)41)34-24-27-47-43(30-34)38-15-6-7-21-46(38)54-47/h1-31H. The van der Waals surface area contributed by atoms with Gasteiger partial charge in [-0.3, -0.25) is 0 Å². The fourth-order valence-electron chi connectivity index (χ4n) is 8.64. The fraction of sp³-hybridized carbons (Fsp3) is 0. The van der Waals surface area contributed by atoms with E-state index in [0.717, 1.165) is 105 Å². The highest BCUT2D eigenvalue weighted by atomic mass is 16.3. The van der Waals surface area contributed by atoms with E-state index in [4.69, 9.17) is 13.3 Å². The van der Waals surface area contributed by atoms with Gasteiger partial charge < -0.3 is 18.2 Å². The first-order valence-corrected chi connectivity index (χ1v) is 18.9. The molecule has 3 aromatic heterocycles. The van der Waals surface area contributed by atoms with Crippen molar-refractivity contribution in [3.8, 4) is 22.3 Å². The van der Waals surface area contributed by atoms with E-state index in [2.05, 4.69) is 181 Å². The molecular formula is C52H31NO3. The van der Waals surface area contributed by atoms with Crippen molar-refractivity contribution >= 4 is 93.7 Å². The zero-order valence-electron chi connectivity index (χ0n) is 30.1. The van der Waals surface area contributed by atoms with E-state index in [1.54, 1.807) is 0 Å². The lowest BCUT2D eigenvalue weighted by atomic mass is 9.98. The van der Waals surface area contributed by atoms with Crippen LogP contribution in [0.2, 0.25) is 0 Å². The van der Waals surface area contributed by atoms with Crippen LogP contribution in [0.1, 0.15) is 0 Å². The molecule has 0 atom stereocenters. The molecule has 3 heterocycles. The third-order valence-corrected chi connectivity index (χ3v) is 11.2. The number of anilines is 3. The quantitative estimate of drug-likeness (QED) is 0.178. The van der Waals surface area contributed by atoms with Crippen molar-refractivity contribution in [1.82, 2.24) is 0 Å². The Kier molecular flexibility index (Phi) is 6.60. The van der Waals surface area contributed by atoms with Gasteiger partial charge in [-0.05, 0) is 88.6 Å². The lowest BCUT2D eigenvalue weighted by Crippen LogP contribution is -2.10. The molecule has 4 heteroatoms. The maximum Gasteiger partial charge on any atom is 0.143 e. The second-order valence-corrected chi connectivity index (χ2v) is 14.4. The Bertz CT molecular complexity index is 3500. The van der Waals surface area contributed by atoms with E-state index >= 15 is 0 Å². The molecule has 0 amide bonds. The molecule has 0 aliphatic heterocycles. The molecule has 0 bridgehead atoms. The highest BCUT2D eigenvalue weighted by Gasteiger charge is 2.22. The minimum Gasteiger partial charge on any atom is -0.456 e. The summed E-state index contributed by atoms with van der Waals surface area (Å²) < 4.78 is 19.7. The maximum absolute atomic E-state index is 6.85. The molecule has 0 spiro atoms. The summed E-state index contributed by atoms with van der Waals surface area (Å²) >= 11 is 0. The van der Waals surface area contributed by atoms with Crippen LogP contribution >= 0.6 is 0 Å². The molecule has 0 aliphatic rings. The SMILES string of the molecule is c1ccc(N(c2ccc3ccccc3c2)c2cccc3oc4c(-c5cccc6c5oc5ccc(-c7ccc8oc9ccccc9c8c7)cc56)cccc4c23)cc1. The first kappa shape index (κ1) is 30.9. The molecule has 0 radical (unpaired) electrons. The first-order valence-electron chi connectivity index (χ1n) is 18.9. The summed E-state index contributed by atoms with van der Waals surface area (Å²) in [6, 6.07) is 66.0. The predicted octanol–water partition coefficient (Wildman–Crippen LogP) is 15.3. The van der Waals surface area contributed by atoms with Crippen molar-refractivity contribution in [2.24, 2.45) is 0 Å². The minimum absolute atomic E-state index is 0.829. The van der Waals surface area contributed by atoms with Crippen LogP contribution in [0.4, 0.5) is 17.1 Å². The molecule has 0 fully saturated rings. The lowest BCUT2D eigenvalue weighted by molar-refractivity contribution is 0.665. The van der Waals surface area contributed by atoms with Crippen LogP contribution in [0.15, 0.2) is 201 Å². The Morgan fingerprint density at radius 2 is 0.911 bits per heavy atom. The topological polar surface area (TPSA) is 42.7 Å². The summed E-state index contributed by atoms with van der Waals surface area (Å²) in [5.74, 6) is 0. The molecule has 0 N–H and O–H groups in total. The van der Waals surface area contributed by atoms with E-state index in [1.165, 1.54) is 10.8 Å². The summed E-state index contributed by atoms with van der Waals surface area (Å²) in [7, 11) is 0. The number of para-hydroxylation sites is 4. The first-order chi connectivity index (χ1) is 27.7. The van der Waals surface area contributed by atoms with Gasteiger partial charge in [0.15, 0.2) is 0 Å². The minimum atomic E-state index is 0.829. The number of nitrogens with zero attached hydrogens (tertiary/aromatic N) is 1. The molecule has 12 aromatic rings. The van der Waals surface area contributed by atoms with Crippen LogP contribution in [0, 0.1) is 0 Å². The van der Waals surface area contributed by atoms with Crippen molar-refractivity contribution in [1.29, 1.82) is 0 Å². The number of rotatable bonds is 5. The Hall–Kier alpha value is -7.56. The smallest absolute Gasteiger partial charge is 0.143 e. The number of hydrogen-bond acceptors (Lipinski definition) is 4. The highest BCUT2D eigenvalue weighted by molar-refractivity contribution is 6.19. The van der Waals surface area contributed by atoms with Gasteiger partial charge in [-0.2, -0.15) is 0 Å². The van der Waals surface area contributed by atoms with Crippen LogP contribution in [0.3, 0.4) is 0 Å². The molecular weight excluding hydrogens is 687 g/mol. The predicted molar refractivity (Wildman–Crippen MR) is 231 cm³/mol. The van der Waals surface area contributed by atoms with Gasteiger partial charge in [-0.25, -0.2) is 0 Å². The summed E-state index contributed by atoms with van der Waals surface area (Å²) in [4.78, 5) is 2.33. The van der Waals surface area contributed by atoms with Crippen molar-refractivity contribution < 1.29 is 13.3 Å². The molecule has 9 aromatic carbocycles. The van der Waals surface area contributed by atoms with Gasteiger partial charge in [0.25, 0.3) is 0 Å². The van der Waals surface area contributed by atoms with E-state index in [0.29, 0.717) is 0 Å². The molecule has 0 saturated heterocycles. The third-order valence-electron chi connectivity index (χ3n) is 11.2. The average Bonchev–Trinajstić information content (AvgIpc) is 3.95. The van der Waals surface area contributed by atoms with E-state index in [1.807, 2.05) is 12.1 Å². The lowest BCUT2D eigenvalue weighted by Gasteiger charge is -2.26. The highest BCUT2D eigenvalue weighted by Crippen LogP contribution is 2.47. The van der Waals surface area contributed by atoms with Crippen LogP contribution in [0.25, 0.3) is 98.8 Å². The molecule has 0 aliphatic carbocycles. The number of furan rings is 3. The zero-order chi connectivity index (χ0) is 36.7. The molecule has 12 rings (SSSR count). The molecule has 0 saturated carbocycles. The van der Waals surface area contributed by atoms with Crippen LogP contribution in [-0.4, -0.2) is 0 Å². The van der Waals surface area contributed by atoms with Gasteiger partial charge in [0.05, 0.1) is 11.1 Å². The molecule has 0 unspecified atom stereocenters. The largest absolute Gasteiger partial charge is 0.456 e. The van der Waals surface area contributed by atoms with Crippen molar-refractivity contribution in [3.05, 3.63) is 188 Å². The van der Waals surface area contributed by atoms with E-state index in [9.17, 15) is 0 Å². The Balaban J connectivity index is 1.02. The average molecular weight is 718 g/mol. The van der Waals surface area contributed by atoms with Crippen molar-refractivity contribution in [2.45, 2.75) is 0 Å². The summed E-state index contributed by atoms with van der Waals surface area (Å²) in [5, 5.41) is 8.88. The fourth-order valence-corrected chi connectivity index (χ4v) is 8.64. The van der Waals surface area contributed by atoms with Gasteiger partial charge in [0.2, 0.25) is 0 Å². The second kappa shape index (κ2) is 12.0. The normalized spacial score (nSPS) is 11.9. The molecule has 4 nitrogen and oxygen atoms in total. The zero-order valence-corrected chi connectivity index (χ0v) is 30.1.